The Balaban J connectivity index is 4.11. The van der Waals surface area contributed by atoms with E-state index in [1.54, 1.807) is 0 Å². The van der Waals surface area contributed by atoms with Gasteiger partial charge in [-0.3, -0.25) is 4.79 Å². The molecule has 0 radical (unpaired) electrons. The molecule has 1 unspecified atom stereocenters. The van der Waals surface area contributed by atoms with Gasteiger partial charge < -0.3 is 5.32 Å². The molecule has 1 N–H and O–H groups in total. The van der Waals surface area contributed by atoms with Gasteiger partial charge in [0.1, 0.15) is 6.04 Å². The third kappa shape index (κ3) is 3.38. The first-order chi connectivity index (χ1) is 5.41. The molecule has 3 heteroatoms. The highest BCUT2D eigenvalue weighted by Gasteiger charge is 2.22. The van der Waals surface area contributed by atoms with Gasteiger partial charge in [0.2, 0.25) is 5.91 Å². The Hall–Kier alpha value is -1.04. The van der Waals surface area contributed by atoms with Gasteiger partial charge in [0.05, 0.1) is 6.07 Å². The highest BCUT2D eigenvalue weighted by Crippen LogP contribution is 2.12. The van der Waals surface area contributed by atoms with E-state index >= 15 is 0 Å². The third-order valence-corrected chi connectivity index (χ3v) is 1.55. The minimum Gasteiger partial charge on any atom is -0.340 e. The first-order valence-corrected chi connectivity index (χ1v) is 4.12. The second-order valence-electron chi connectivity index (χ2n) is 3.81. The monoisotopic (exact) mass is 168 g/mol. The fraction of sp³-hybridized carbons (Fsp3) is 0.778. The van der Waals surface area contributed by atoms with E-state index in [-0.39, 0.29) is 11.9 Å². The Morgan fingerprint density at radius 3 is 2.33 bits per heavy atom. The summed E-state index contributed by atoms with van der Waals surface area (Å²) in [6.07, 6.45) is 0.651. The Kier molecular flexibility index (Phi) is 3.75. The van der Waals surface area contributed by atoms with Crippen LogP contribution in [0.4, 0.5) is 0 Å². The lowest BCUT2D eigenvalue weighted by Gasteiger charge is -2.19. The Bertz CT molecular complexity index is 198. The maximum Gasteiger partial charge on any atom is 0.226 e. The average Bonchev–Trinajstić information content (AvgIpc) is 1.97. The summed E-state index contributed by atoms with van der Waals surface area (Å²) in [4.78, 5) is 11.3. The smallest absolute Gasteiger partial charge is 0.226 e. The zero-order valence-electron chi connectivity index (χ0n) is 8.14. The highest BCUT2D eigenvalue weighted by atomic mass is 16.2. The summed E-state index contributed by atoms with van der Waals surface area (Å²) >= 11 is 0. The van der Waals surface area contributed by atoms with E-state index in [0.29, 0.717) is 6.42 Å². The molecule has 0 fully saturated rings. The first-order valence-electron chi connectivity index (χ1n) is 4.12. The van der Waals surface area contributed by atoms with Gasteiger partial charge in [-0.1, -0.05) is 27.7 Å². The van der Waals surface area contributed by atoms with Crippen molar-refractivity contribution in [1.82, 2.24) is 5.32 Å². The van der Waals surface area contributed by atoms with Crippen LogP contribution < -0.4 is 5.32 Å². The number of nitrogens with one attached hydrogen (secondary N) is 1. The number of rotatable bonds is 2. The van der Waals surface area contributed by atoms with Gasteiger partial charge in [-0.15, -0.1) is 0 Å². The zero-order valence-corrected chi connectivity index (χ0v) is 8.14. The van der Waals surface area contributed by atoms with Crippen molar-refractivity contribution in [1.29, 1.82) is 5.26 Å². The molecule has 0 spiro atoms. The predicted octanol–water partition coefficient (Wildman–Crippen LogP) is 1.45. The van der Waals surface area contributed by atoms with Crippen LogP contribution in [0.2, 0.25) is 0 Å². The van der Waals surface area contributed by atoms with Crippen molar-refractivity contribution in [3.63, 3.8) is 0 Å². The zero-order chi connectivity index (χ0) is 9.78. The number of hydrogen-bond acceptors (Lipinski definition) is 2. The van der Waals surface area contributed by atoms with Gasteiger partial charge in [-0.05, 0) is 6.42 Å². The van der Waals surface area contributed by atoms with Crippen molar-refractivity contribution in [2.24, 2.45) is 5.41 Å². The van der Waals surface area contributed by atoms with Gasteiger partial charge in [0, 0.05) is 5.41 Å². The highest BCUT2D eigenvalue weighted by molar-refractivity contribution is 5.81. The van der Waals surface area contributed by atoms with E-state index in [4.69, 9.17) is 5.26 Å². The minimum absolute atomic E-state index is 0.0732. The SMILES string of the molecule is CCC(C#N)NC(=O)C(C)(C)C. The quantitative estimate of drug-likeness (QED) is 0.678. The molecule has 0 aromatic heterocycles. The van der Waals surface area contributed by atoms with Crippen LogP contribution in [-0.4, -0.2) is 11.9 Å². The summed E-state index contributed by atoms with van der Waals surface area (Å²) in [5.41, 5.74) is -0.412. The maximum absolute atomic E-state index is 11.3. The van der Waals surface area contributed by atoms with Crippen molar-refractivity contribution in [2.75, 3.05) is 0 Å². The summed E-state index contributed by atoms with van der Waals surface area (Å²) in [5, 5.41) is 11.2. The lowest BCUT2D eigenvalue weighted by atomic mass is 9.95. The van der Waals surface area contributed by atoms with E-state index < -0.39 is 5.41 Å². The number of nitriles is 1. The number of hydrogen-bond donors (Lipinski definition) is 1. The number of carbonyl (C=O) groups is 1. The van der Waals surface area contributed by atoms with Crippen LogP contribution in [0.25, 0.3) is 0 Å². The molecule has 0 heterocycles. The van der Waals surface area contributed by atoms with E-state index in [1.807, 2.05) is 33.8 Å². The lowest BCUT2D eigenvalue weighted by molar-refractivity contribution is -0.128. The molecule has 12 heavy (non-hydrogen) atoms. The van der Waals surface area contributed by atoms with Crippen LogP contribution in [0, 0.1) is 16.7 Å². The van der Waals surface area contributed by atoms with E-state index in [9.17, 15) is 4.79 Å². The fourth-order valence-electron chi connectivity index (χ4n) is 0.600. The molecule has 0 aromatic rings. The Labute approximate surface area is 73.8 Å². The largest absolute Gasteiger partial charge is 0.340 e. The predicted molar refractivity (Wildman–Crippen MR) is 47.3 cm³/mol. The molecule has 0 aliphatic rings. The molecule has 1 amide bonds. The average molecular weight is 168 g/mol. The van der Waals surface area contributed by atoms with Crippen molar-refractivity contribution in [2.45, 2.75) is 40.2 Å². The normalized spacial score (nSPS) is 13.2. The first kappa shape index (κ1) is 11.0. The molecule has 0 saturated carbocycles. The standard InChI is InChI=1S/C9H16N2O/c1-5-7(6-10)11-8(12)9(2,3)4/h7H,5H2,1-4H3,(H,11,12). The van der Waals surface area contributed by atoms with Crippen LogP contribution in [0.5, 0.6) is 0 Å². The summed E-state index contributed by atoms with van der Waals surface area (Å²) in [6, 6.07) is 1.67. The maximum atomic E-state index is 11.3. The molecular weight excluding hydrogens is 152 g/mol. The van der Waals surface area contributed by atoms with Crippen molar-refractivity contribution >= 4 is 5.91 Å². The molecule has 3 nitrogen and oxygen atoms in total. The van der Waals surface area contributed by atoms with Crippen LogP contribution in [0.3, 0.4) is 0 Å². The number of amides is 1. The molecule has 0 aliphatic carbocycles. The molecule has 0 rings (SSSR count). The summed E-state index contributed by atoms with van der Waals surface area (Å²) < 4.78 is 0. The Morgan fingerprint density at radius 2 is 2.08 bits per heavy atom. The van der Waals surface area contributed by atoms with Crippen LogP contribution >= 0.6 is 0 Å². The second-order valence-corrected chi connectivity index (χ2v) is 3.81. The van der Waals surface area contributed by atoms with Gasteiger partial charge >= 0.3 is 0 Å². The molecule has 0 saturated heterocycles. The summed E-state index contributed by atoms with van der Waals surface area (Å²) in [7, 11) is 0. The summed E-state index contributed by atoms with van der Waals surface area (Å²) in [5.74, 6) is -0.0732. The van der Waals surface area contributed by atoms with Gasteiger partial charge in [-0.25, -0.2) is 0 Å². The molecule has 0 aliphatic heterocycles. The van der Waals surface area contributed by atoms with Crippen molar-refractivity contribution in [3.05, 3.63) is 0 Å². The summed E-state index contributed by atoms with van der Waals surface area (Å²) in [6.45, 7) is 7.35. The van der Waals surface area contributed by atoms with Gasteiger partial charge in [0.15, 0.2) is 0 Å². The number of nitrogens with zero attached hydrogens (tertiary/aromatic N) is 1. The van der Waals surface area contributed by atoms with Crippen LogP contribution in [-0.2, 0) is 4.79 Å². The molecule has 1 atom stereocenters. The topological polar surface area (TPSA) is 52.9 Å². The van der Waals surface area contributed by atoms with E-state index in [0.717, 1.165) is 0 Å². The van der Waals surface area contributed by atoms with Crippen LogP contribution in [0.15, 0.2) is 0 Å². The lowest BCUT2D eigenvalue weighted by Crippen LogP contribution is -2.40. The van der Waals surface area contributed by atoms with Crippen molar-refractivity contribution in [3.8, 4) is 6.07 Å². The third-order valence-electron chi connectivity index (χ3n) is 1.55. The molecule has 0 bridgehead atoms. The van der Waals surface area contributed by atoms with Gasteiger partial charge in [-0.2, -0.15) is 5.26 Å². The fourth-order valence-corrected chi connectivity index (χ4v) is 0.600. The molecule has 68 valence electrons. The van der Waals surface area contributed by atoms with Gasteiger partial charge in [0.25, 0.3) is 0 Å². The number of carbonyl (C=O) groups excluding carboxylic acids is 1. The molecule has 0 aromatic carbocycles. The van der Waals surface area contributed by atoms with E-state index in [1.165, 1.54) is 0 Å². The Morgan fingerprint density at radius 1 is 1.58 bits per heavy atom. The van der Waals surface area contributed by atoms with Crippen molar-refractivity contribution < 1.29 is 4.79 Å². The molecular formula is C9H16N2O. The van der Waals surface area contributed by atoms with E-state index in [2.05, 4.69) is 5.32 Å². The van der Waals surface area contributed by atoms with Crippen LogP contribution in [0.1, 0.15) is 34.1 Å². The minimum atomic E-state index is -0.412. The second kappa shape index (κ2) is 4.10.